The highest BCUT2D eigenvalue weighted by atomic mass is 28.3. The van der Waals surface area contributed by atoms with Crippen LogP contribution in [0.2, 0.25) is 17.6 Å². The van der Waals surface area contributed by atoms with E-state index in [1.54, 1.807) is 12.1 Å². The van der Waals surface area contributed by atoms with Crippen molar-refractivity contribution in [1.29, 1.82) is 0 Å². The molecule has 1 heterocycles. The highest BCUT2D eigenvalue weighted by molar-refractivity contribution is 6.60. The molecule has 1 amide bonds. The normalized spacial score (nSPS) is 16.6. The van der Waals surface area contributed by atoms with Crippen LogP contribution in [0.4, 0.5) is 5.69 Å². The van der Waals surface area contributed by atoms with Gasteiger partial charge in [-0.05, 0) is 41.7 Å². The van der Waals surface area contributed by atoms with Gasteiger partial charge in [0.25, 0.3) is 11.6 Å². The summed E-state index contributed by atoms with van der Waals surface area (Å²) >= 11 is 0. The lowest BCUT2D eigenvalue weighted by Gasteiger charge is -2.35. The van der Waals surface area contributed by atoms with Crippen molar-refractivity contribution in [3.63, 3.8) is 0 Å². The molecule has 1 aliphatic rings. The first-order valence-electron chi connectivity index (χ1n) is 10.3. The first-order valence-corrected chi connectivity index (χ1v) is 12.6. The molecule has 152 valence electrons. The van der Waals surface area contributed by atoms with Crippen molar-refractivity contribution in [3.8, 4) is 0 Å². The molecule has 1 aliphatic heterocycles. The van der Waals surface area contributed by atoms with E-state index < -0.39 is 13.7 Å². The van der Waals surface area contributed by atoms with E-state index in [1.807, 2.05) is 29.3 Å². The molecule has 1 atom stereocenters. The molecule has 0 bridgehead atoms. The monoisotopic (exact) mass is 408 g/mol. The first kappa shape index (κ1) is 21.0. The second-order valence-corrected chi connectivity index (χ2v) is 11.8. The van der Waals surface area contributed by atoms with Gasteiger partial charge in [-0.3, -0.25) is 14.9 Å². The van der Waals surface area contributed by atoms with Crippen molar-refractivity contribution in [2.75, 3.05) is 6.54 Å². The Morgan fingerprint density at radius 2 is 1.76 bits per heavy atom. The summed E-state index contributed by atoms with van der Waals surface area (Å²) in [6.07, 6.45) is 3.94. The Morgan fingerprint density at radius 3 is 2.34 bits per heavy atom. The summed E-state index contributed by atoms with van der Waals surface area (Å²) in [6.45, 7) is 5.31. The van der Waals surface area contributed by atoms with Crippen LogP contribution >= 0.6 is 0 Å². The van der Waals surface area contributed by atoms with Gasteiger partial charge >= 0.3 is 0 Å². The summed E-state index contributed by atoms with van der Waals surface area (Å²) in [5, 5.41) is 10.9. The first-order chi connectivity index (χ1) is 14.0. The SMILES string of the molecule is CC[SiH](CC)[C@@H]1CC(Cc2ccccc2)=CN(C(=O)c2ccc([N+](=O)[O-])cc2)C1. The maximum atomic E-state index is 13.2. The molecule has 0 saturated carbocycles. The average molecular weight is 409 g/mol. The fraction of sp³-hybridized carbons (Fsp3) is 0.348. The van der Waals surface area contributed by atoms with Crippen molar-refractivity contribution in [3.05, 3.63) is 87.6 Å². The Labute approximate surface area is 173 Å². The van der Waals surface area contributed by atoms with Crippen LogP contribution in [0.15, 0.2) is 66.4 Å². The van der Waals surface area contributed by atoms with Gasteiger partial charge in [0.05, 0.1) is 4.92 Å². The molecular formula is C23H28N2O3Si. The summed E-state index contributed by atoms with van der Waals surface area (Å²) in [7, 11) is -0.939. The van der Waals surface area contributed by atoms with Crippen molar-refractivity contribution in [2.45, 2.75) is 44.3 Å². The number of nitro benzene ring substituents is 1. The Hall–Kier alpha value is -2.73. The van der Waals surface area contributed by atoms with Gasteiger partial charge in [-0.2, -0.15) is 0 Å². The number of non-ortho nitro benzene ring substituents is 1. The van der Waals surface area contributed by atoms with Crippen molar-refractivity contribution in [2.24, 2.45) is 0 Å². The number of allylic oxidation sites excluding steroid dienone is 1. The molecule has 29 heavy (non-hydrogen) atoms. The number of amides is 1. The molecule has 0 aliphatic carbocycles. The van der Waals surface area contributed by atoms with Gasteiger partial charge in [-0.15, -0.1) is 0 Å². The molecule has 3 rings (SSSR count). The summed E-state index contributed by atoms with van der Waals surface area (Å²) in [5.74, 6) is -0.0740. The molecule has 0 fully saturated rings. The Bertz CT molecular complexity index is 877. The van der Waals surface area contributed by atoms with Crippen LogP contribution in [0.1, 0.15) is 36.2 Å². The molecule has 0 aromatic heterocycles. The van der Waals surface area contributed by atoms with Crippen LogP contribution in [0.5, 0.6) is 0 Å². The summed E-state index contributed by atoms with van der Waals surface area (Å²) in [5.41, 5.74) is 3.62. The fourth-order valence-electron chi connectivity index (χ4n) is 4.26. The van der Waals surface area contributed by atoms with Gasteiger partial charge in [0.1, 0.15) is 0 Å². The second kappa shape index (κ2) is 9.65. The van der Waals surface area contributed by atoms with Crippen LogP contribution < -0.4 is 0 Å². The van der Waals surface area contributed by atoms with Gasteiger partial charge in [0.2, 0.25) is 0 Å². The zero-order valence-electron chi connectivity index (χ0n) is 17.1. The minimum absolute atomic E-state index is 0.00261. The largest absolute Gasteiger partial charge is 0.315 e. The second-order valence-electron chi connectivity index (χ2n) is 7.75. The molecule has 0 radical (unpaired) electrons. The van der Waals surface area contributed by atoms with Gasteiger partial charge in [-0.25, -0.2) is 0 Å². The highest BCUT2D eigenvalue weighted by Gasteiger charge is 2.29. The molecule has 5 nitrogen and oxygen atoms in total. The Kier molecular flexibility index (Phi) is 6.98. The minimum atomic E-state index is -0.939. The molecular weight excluding hydrogens is 380 g/mol. The molecule has 0 spiro atoms. The zero-order chi connectivity index (χ0) is 20.8. The van der Waals surface area contributed by atoms with E-state index in [9.17, 15) is 14.9 Å². The number of hydrogen-bond acceptors (Lipinski definition) is 3. The molecule has 0 saturated heterocycles. The standard InChI is InChI=1S/C23H28N2O3Si/c1-3-29(4-2)22-15-19(14-18-8-6-5-7-9-18)16-24(17-22)23(26)20-10-12-21(13-11-20)25(27)28/h5-13,16,22,29H,3-4,14-15,17H2,1-2H3/t22-/m1/s1. The van der Waals surface area contributed by atoms with E-state index in [0.29, 0.717) is 11.1 Å². The Balaban J connectivity index is 1.86. The quantitative estimate of drug-likeness (QED) is 0.359. The lowest BCUT2D eigenvalue weighted by atomic mass is 9.98. The van der Waals surface area contributed by atoms with Crippen molar-refractivity contribution in [1.82, 2.24) is 4.90 Å². The predicted molar refractivity (Wildman–Crippen MR) is 119 cm³/mol. The van der Waals surface area contributed by atoms with Gasteiger partial charge in [0.15, 0.2) is 0 Å². The van der Waals surface area contributed by atoms with E-state index in [4.69, 9.17) is 0 Å². The Morgan fingerprint density at radius 1 is 1.10 bits per heavy atom. The van der Waals surface area contributed by atoms with Gasteiger partial charge in [0, 0.05) is 39.2 Å². The van der Waals surface area contributed by atoms with Crippen LogP contribution in [-0.4, -0.2) is 31.1 Å². The van der Waals surface area contributed by atoms with E-state index >= 15 is 0 Å². The summed E-state index contributed by atoms with van der Waals surface area (Å²) in [4.78, 5) is 25.4. The molecule has 2 aromatic carbocycles. The van der Waals surface area contributed by atoms with E-state index in [1.165, 1.54) is 35.4 Å². The van der Waals surface area contributed by atoms with E-state index in [0.717, 1.165) is 19.4 Å². The third-order valence-corrected chi connectivity index (χ3v) is 9.75. The van der Waals surface area contributed by atoms with Crippen LogP contribution in [-0.2, 0) is 6.42 Å². The number of benzene rings is 2. The van der Waals surface area contributed by atoms with E-state index in [-0.39, 0.29) is 11.6 Å². The number of nitro groups is 1. The van der Waals surface area contributed by atoms with E-state index in [2.05, 4.69) is 26.0 Å². The minimum Gasteiger partial charge on any atom is -0.315 e. The van der Waals surface area contributed by atoms with Crippen LogP contribution in [0.25, 0.3) is 0 Å². The smallest absolute Gasteiger partial charge is 0.269 e. The fourth-order valence-corrected chi connectivity index (χ4v) is 7.33. The number of hydrogen-bond donors (Lipinski definition) is 0. The third kappa shape index (κ3) is 5.20. The zero-order valence-corrected chi connectivity index (χ0v) is 18.2. The number of carbonyl (C=O) groups is 1. The molecule has 6 heteroatoms. The molecule has 0 N–H and O–H groups in total. The summed E-state index contributed by atoms with van der Waals surface area (Å²) < 4.78 is 0. The van der Waals surface area contributed by atoms with Gasteiger partial charge in [-0.1, -0.05) is 56.3 Å². The number of rotatable bonds is 7. The maximum Gasteiger partial charge on any atom is 0.269 e. The maximum absolute atomic E-state index is 13.2. The van der Waals surface area contributed by atoms with Crippen molar-refractivity contribution >= 4 is 20.4 Å². The van der Waals surface area contributed by atoms with Crippen LogP contribution in [0, 0.1) is 10.1 Å². The topological polar surface area (TPSA) is 63.5 Å². The highest BCUT2D eigenvalue weighted by Crippen LogP contribution is 2.33. The number of nitrogens with zero attached hydrogens (tertiary/aromatic N) is 2. The lowest BCUT2D eigenvalue weighted by molar-refractivity contribution is -0.384. The summed E-state index contributed by atoms with van der Waals surface area (Å²) in [6, 6.07) is 18.8. The van der Waals surface area contributed by atoms with Crippen LogP contribution in [0.3, 0.4) is 0 Å². The third-order valence-electron chi connectivity index (χ3n) is 5.87. The predicted octanol–water partition coefficient (Wildman–Crippen LogP) is 5.20. The average Bonchev–Trinajstić information content (AvgIpc) is 2.75. The molecule has 2 aromatic rings. The lowest BCUT2D eigenvalue weighted by Crippen LogP contribution is -2.38. The van der Waals surface area contributed by atoms with Crippen molar-refractivity contribution < 1.29 is 9.72 Å². The van der Waals surface area contributed by atoms with Gasteiger partial charge < -0.3 is 4.90 Å². The number of carbonyl (C=O) groups excluding carboxylic acids is 1. The molecule has 0 unspecified atom stereocenters.